The molecule has 1 aromatic carbocycles. The SMILES string of the molecule is Oc1cccc(C(CBr)C2CC2)c1. The molecule has 2 rings (SSSR count). The van der Waals surface area contributed by atoms with E-state index in [0.717, 1.165) is 11.2 Å². The van der Waals surface area contributed by atoms with Crippen molar-refractivity contribution in [3.8, 4) is 5.75 Å². The first-order chi connectivity index (χ1) is 6.31. The summed E-state index contributed by atoms with van der Waals surface area (Å²) in [6.45, 7) is 0. The summed E-state index contributed by atoms with van der Waals surface area (Å²) in [6.07, 6.45) is 2.68. The molecule has 0 bridgehead atoms. The summed E-state index contributed by atoms with van der Waals surface area (Å²) in [5.41, 5.74) is 1.26. The molecule has 70 valence electrons. The van der Waals surface area contributed by atoms with Gasteiger partial charge >= 0.3 is 0 Å². The average Bonchev–Trinajstić information content (AvgIpc) is 2.90. The molecule has 0 radical (unpaired) electrons. The topological polar surface area (TPSA) is 20.2 Å². The lowest BCUT2D eigenvalue weighted by Crippen LogP contribution is -2.01. The van der Waals surface area contributed by atoms with Crippen LogP contribution in [0.1, 0.15) is 24.3 Å². The van der Waals surface area contributed by atoms with Crippen molar-refractivity contribution in [2.75, 3.05) is 5.33 Å². The summed E-state index contributed by atoms with van der Waals surface area (Å²) >= 11 is 3.54. The van der Waals surface area contributed by atoms with E-state index in [1.807, 2.05) is 12.1 Å². The third-order valence-corrected chi connectivity index (χ3v) is 3.35. The maximum atomic E-state index is 9.34. The van der Waals surface area contributed by atoms with Crippen LogP contribution in [0.2, 0.25) is 0 Å². The van der Waals surface area contributed by atoms with Crippen LogP contribution in [0.15, 0.2) is 24.3 Å². The van der Waals surface area contributed by atoms with Crippen molar-refractivity contribution in [3.63, 3.8) is 0 Å². The fraction of sp³-hybridized carbons (Fsp3) is 0.455. The minimum absolute atomic E-state index is 0.379. The number of rotatable bonds is 3. The Hall–Kier alpha value is -0.500. The van der Waals surface area contributed by atoms with Crippen molar-refractivity contribution in [3.05, 3.63) is 29.8 Å². The molecule has 1 N–H and O–H groups in total. The zero-order valence-electron chi connectivity index (χ0n) is 7.41. The molecule has 0 heterocycles. The standard InChI is InChI=1S/C11H13BrO/c12-7-11(8-4-5-8)9-2-1-3-10(13)6-9/h1-3,6,8,11,13H,4-5,7H2. The number of hydrogen-bond donors (Lipinski definition) is 1. The second-order valence-corrected chi connectivity index (χ2v) is 4.34. The zero-order valence-corrected chi connectivity index (χ0v) is 9.00. The Morgan fingerprint density at radius 1 is 1.46 bits per heavy atom. The van der Waals surface area contributed by atoms with Gasteiger partial charge in [-0.1, -0.05) is 28.1 Å². The van der Waals surface area contributed by atoms with Crippen molar-refractivity contribution in [1.82, 2.24) is 0 Å². The monoisotopic (exact) mass is 240 g/mol. The Labute approximate surface area is 86.9 Å². The molecule has 13 heavy (non-hydrogen) atoms. The Kier molecular flexibility index (Phi) is 2.58. The first kappa shape index (κ1) is 9.07. The van der Waals surface area contributed by atoms with Crippen LogP contribution in [0.4, 0.5) is 0 Å². The first-order valence-corrected chi connectivity index (χ1v) is 5.78. The lowest BCUT2D eigenvalue weighted by molar-refractivity contribution is 0.473. The van der Waals surface area contributed by atoms with Gasteiger partial charge < -0.3 is 5.11 Å². The van der Waals surface area contributed by atoms with Gasteiger partial charge in [-0.3, -0.25) is 0 Å². The predicted octanol–water partition coefficient (Wildman–Crippen LogP) is 3.28. The highest BCUT2D eigenvalue weighted by molar-refractivity contribution is 9.09. The smallest absolute Gasteiger partial charge is 0.115 e. The highest BCUT2D eigenvalue weighted by Crippen LogP contribution is 2.43. The van der Waals surface area contributed by atoms with Crippen LogP contribution in [-0.2, 0) is 0 Å². The molecule has 2 heteroatoms. The lowest BCUT2D eigenvalue weighted by atomic mass is 9.96. The average molecular weight is 241 g/mol. The van der Waals surface area contributed by atoms with Gasteiger partial charge in [-0.15, -0.1) is 0 Å². The van der Waals surface area contributed by atoms with Gasteiger partial charge in [0.25, 0.3) is 0 Å². The normalized spacial score (nSPS) is 18.5. The minimum Gasteiger partial charge on any atom is -0.508 e. The van der Waals surface area contributed by atoms with E-state index in [4.69, 9.17) is 0 Å². The van der Waals surface area contributed by atoms with Gasteiger partial charge in [0.15, 0.2) is 0 Å². The van der Waals surface area contributed by atoms with Crippen molar-refractivity contribution in [1.29, 1.82) is 0 Å². The summed E-state index contributed by atoms with van der Waals surface area (Å²) in [5.74, 6) is 1.80. The predicted molar refractivity (Wildman–Crippen MR) is 57.4 cm³/mol. The third-order valence-electron chi connectivity index (χ3n) is 2.66. The largest absolute Gasteiger partial charge is 0.508 e. The number of phenolic OH excluding ortho intramolecular Hbond substituents is 1. The molecular formula is C11H13BrO. The summed E-state index contributed by atoms with van der Waals surface area (Å²) in [4.78, 5) is 0. The summed E-state index contributed by atoms with van der Waals surface area (Å²) < 4.78 is 0. The van der Waals surface area contributed by atoms with Gasteiger partial charge in [0, 0.05) is 5.33 Å². The van der Waals surface area contributed by atoms with Crippen LogP contribution in [0.25, 0.3) is 0 Å². The molecule has 0 aromatic heterocycles. The van der Waals surface area contributed by atoms with E-state index in [1.165, 1.54) is 18.4 Å². The maximum Gasteiger partial charge on any atom is 0.115 e. The van der Waals surface area contributed by atoms with Crippen molar-refractivity contribution in [2.45, 2.75) is 18.8 Å². The molecule has 1 fully saturated rings. The van der Waals surface area contributed by atoms with Crippen LogP contribution in [0.3, 0.4) is 0 Å². The molecule has 1 aliphatic rings. The first-order valence-electron chi connectivity index (χ1n) is 4.66. The lowest BCUT2D eigenvalue weighted by Gasteiger charge is -2.13. The van der Waals surface area contributed by atoms with Gasteiger partial charge in [0.1, 0.15) is 5.75 Å². The summed E-state index contributed by atoms with van der Waals surface area (Å²) in [6, 6.07) is 7.62. The zero-order chi connectivity index (χ0) is 9.26. The fourth-order valence-corrected chi connectivity index (χ4v) is 2.64. The van der Waals surface area contributed by atoms with Gasteiger partial charge in [-0.05, 0) is 42.4 Å². The van der Waals surface area contributed by atoms with Crippen LogP contribution in [0, 0.1) is 5.92 Å². The highest BCUT2D eigenvalue weighted by atomic mass is 79.9. The number of benzene rings is 1. The number of aromatic hydroxyl groups is 1. The minimum atomic E-state index is 0.379. The molecule has 1 aromatic rings. The molecule has 1 aliphatic carbocycles. The number of alkyl halides is 1. The van der Waals surface area contributed by atoms with Gasteiger partial charge in [-0.2, -0.15) is 0 Å². The summed E-state index contributed by atoms with van der Waals surface area (Å²) in [5, 5.41) is 10.3. The Morgan fingerprint density at radius 2 is 2.23 bits per heavy atom. The van der Waals surface area contributed by atoms with E-state index >= 15 is 0 Å². The number of halogens is 1. The van der Waals surface area contributed by atoms with E-state index in [2.05, 4.69) is 22.0 Å². The van der Waals surface area contributed by atoms with Gasteiger partial charge in [0.05, 0.1) is 0 Å². The maximum absolute atomic E-state index is 9.34. The second-order valence-electron chi connectivity index (χ2n) is 3.69. The Bertz CT molecular complexity index is 294. The van der Waals surface area contributed by atoms with Crippen LogP contribution in [-0.4, -0.2) is 10.4 Å². The molecule has 0 amide bonds. The molecular weight excluding hydrogens is 228 g/mol. The second kappa shape index (κ2) is 3.70. The van der Waals surface area contributed by atoms with E-state index < -0.39 is 0 Å². The quantitative estimate of drug-likeness (QED) is 0.805. The fourth-order valence-electron chi connectivity index (χ4n) is 1.74. The third kappa shape index (κ3) is 2.05. The molecule has 0 aliphatic heterocycles. The van der Waals surface area contributed by atoms with Crippen molar-refractivity contribution >= 4 is 15.9 Å². The van der Waals surface area contributed by atoms with E-state index in [-0.39, 0.29) is 0 Å². The van der Waals surface area contributed by atoms with Crippen LogP contribution < -0.4 is 0 Å². The Morgan fingerprint density at radius 3 is 2.77 bits per heavy atom. The summed E-state index contributed by atoms with van der Waals surface area (Å²) in [7, 11) is 0. The molecule has 0 saturated heterocycles. The number of phenols is 1. The van der Waals surface area contributed by atoms with Gasteiger partial charge in [-0.25, -0.2) is 0 Å². The van der Waals surface area contributed by atoms with E-state index in [1.54, 1.807) is 6.07 Å². The molecule has 1 unspecified atom stereocenters. The molecule has 1 saturated carbocycles. The Balaban J connectivity index is 2.21. The van der Waals surface area contributed by atoms with Crippen LogP contribution >= 0.6 is 15.9 Å². The van der Waals surface area contributed by atoms with E-state index in [9.17, 15) is 5.11 Å². The number of hydrogen-bond acceptors (Lipinski definition) is 1. The van der Waals surface area contributed by atoms with Gasteiger partial charge in [0.2, 0.25) is 0 Å². The highest BCUT2D eigenvalue weighted by Gasteiger charge is 2.31. The van der Waals surface area contributed by atoms with Crippen molar-refractivity contribution in [2.24, 2.45) is 5.92 Å². The molecule has 0 spiro atoms. The molecule has 1 nitrogen and oxygen atoms in total. The molecule has 1 atom stereocenters. The van der Waals surface area contributed by atoms with Crippen LogP contribution in [0.5, 0.6) is 5.75 Å². The van der Waals surface area contributed by atoms with Crippen molar-refractivity contribution < 1.29 is 5.11 Å². The van der Waals surface area contributed by atoms with E-state index in [0.29, 0.717) is 11.7 Å².